The zero-order chi connectivity index (χ0) is 22.1. The number of H-pyrrole nitrogens is 1. The van der Waals surface area contributed by atoms with E-state index in [0.717, 1.165) is 49.7 Å². The Kier molecular flexibility index (Phi) is 5.51. The van der Waals surface area contributed by atoms with Crippen molar-refractivity contribution in [3.63, 3.8) is 0 Å². The maximum atomic E-state index is 14.6. The first-order valence-corrected chi connectivity index (χ1v) is 11.3. The van der Waals surface area contributed by atoms with Gasteiger partial charge in [0.15, 0.2) is 0 Å². The summed E-state index contributed by atoms with van der Waals surface area (Å²) < 4.78 is 14.6. The second-order valence-electron chi connectivity index (χ2n) is 9.08. The van der Waals surface area contributed by atoms with Crippen molar-refractivity contribution in [1.29, 1.82) is 0 Å². The minimum atomic E-state index is -0.500. The van der Waals surface area contributed by atoms with Crippen molar-refractivity contribution < 1.29 is 9.18 Å². The highest BCUT2D eigenvalue weighted by atomic mass is 19.1. The number of nitrogens with one attached hydrogen (secondary N) is 2. The van der Waals surface area contributed by atoms with Gasteiger partial charge in [-0.05, 0) is 68.0 Å². The molecule has 1 amide bonds. The first kappa shape index (κ1) is 20.8. The lowest BCUT2D eigenvalue weighted by Gasteiger charge is -2.44. The predicted octanol–water partition coefficient (Wildman–Crippen LogP) is 3.26. The Labute approximate surface area is 185 Å². The Morgan fingerprint density at radius 3 is 2.50 bits per heavy atom. The number of piperidine rings is 2. The second kappa shape index (κ2) is 8.47. The number of benzene rings is 2. The van der Waals surface area contributed by atoms with Crippen LogP contribution in [-0.4, -0.2) is 47.2 Å². The quantitative estimate of drug-likeness (QED) is 0.663. The molecule has 0 saturated carbocycles. The fourth-order valence-corrected chi connectivity index (χ4v) is 5.16. The summed E-state index contributed by atoms with van der Waals surface area (Å²) >= 11 is 0. The number of hydrogen-bond donors (Lipinski definition) is 2. The van der Waals surface area contributed by atoms with Crippen LogP contribution in [0.1, 0.15) is 47.3 Å². The van der Waals surface area contributed by atoms with Gasteiger partial charge in [-0.2, -0.15) is 5.10 Å². The van der Waals surface area contributed by atoms with Crippen molar-refractivity contribution in [1.82, 2.24) is 20.4 Å². The molecule has 0 bridgehead atoms. The molecule has 0 radical (unpaired) electrons. The molecule has 5 rings (SSSR count). The number of rotatable bonds is 3. The van der Waals surface area contributed by atoms with E-state index in [1.165, 1.54) is 6.07 Å². The average molecular weight is 435 g/mol. The van der Waals surface area contributed by atoms with Crippen LogP contribution in [0.3, 0.4) is 0 Å². The zero-order valence-electron chi connectivity index (χ0n) is 18.0. The second-order valence-corrected chi connectivity index (χ2v) is 9.08. The van der Waals surface area contributed by atoms with Gasteiger partial charge >= 0.3 is 0 Å². The molecule has 2 aromatic carbocycles. The van der Waals surface area contributed by atoms with Crippen LogP contribution in [0.5, 0.6) is 0 Å². The molecule has 2 aliphatic heterocycles. The third-order valence-corrected chi connectivity index (χ3v) is 7.18. The smallest absolute Gasteiger partial charge is 0.272 e. The summed E-state index contributed by atoms with van der Waals surface area (Å²) in [5, 5.41) is 11.5. The predicted molar refractivity (Wildman–Crippen MR) is 121 cm³/mol. The van der Waals surface area contributed by atoms with Crippen molar-refractivity contribution in [3.05, 3.63) is 75.5 Å². The van der Waals surface area contributed by atoms with Crippen LogP contribution in [0.2, 0.25) is 0 Å². The maximum Gasteiger partial charge on any atom is 0.272 e. The van der Waals surface area contributed by atoms with E-state index in [4.69, 9.17) is 0 Å². The molecule has 0 unspecified atom stereocenters. The van der Waals surface area contributed by atoms with Crippen LogP contribution < -0.4 is 10.9 Å². The van der Waals surface area contributed by atoms with E-state index >= 15 is 0 Å². The van der Waals surface area contributed by atoms with Crippen molar-refractivity contribution in [2.24, 2.45) is 5.41 Å². The third-order valence-electron chi connectivity index (χ3n) is 7.18. The first-order chi connectivity index (χ1) is 15.5. The highest BCUT2D eigenvalue weighted by Crippen LogP contribution is 2.39. The van der Waals surface area contributed by atoms with Gasteiger partial charge in [0.1, 0.15) is 5.82 Å². The van der Waals surface area contributed by atoms with E-state index in [9.17, 15) is 14.0 Å². The van der Waals surface area contributed by atoms with Crippen molar-refractivity contribution in [2.45, 2.75) is 32.1 Å². The number of aromatic amines is 1. The largest absolute Gasteiger partial charge is 0.339 e. The Morgan fingerprint density at radius 2 is 1.75 bits per heavy atom. The van der Waals surface area contributed by atoms with E-state index in [1.807, 2.05) is 18.2 Å². The lowest BCUT2D eigenvalue weighted by Crippen LogP contribution is -2.47. The first-order valence-electron chi connectivity index (χ1n) is 11.3. The van der Waals surface area contributed by atoms with Crippen molar-refractivity contribution in [3.8, 4) is 0 Å². The molecule has 3 heterocycles. The number of carbonyl (C=O) groups excluding carboxylic acids is 1. The minimum absolute atomic E-state index is 0.109. The van der Waals surface area contributed by atoms with Crippen LogP contribution in [-0.2, 0) is 6.42 Å². The van der Waals surface area contributed by atoms with Gasteiger partial charge in [-0.1, -0.05) is 24.3 Å². The highest BCUT2D eigenvalue weighted by Gasteiger charge is 2.37. The van der Waals surface area contributed by atoms with Gasteiger partial charge in [-0.3, -0.25) is 9.59 Å². The number of hydrogen-bond acceptors (Lipinski definition) is 4. The zero-order valence-corrected chi connectivity index (χ0v) is 18.0. The van der Waals surface area contributed by atoms with Crippen LogP contribution in [0.4, 0.5) is 4.39 Å². The van der Waals surface area contributed by atoms with E-state index in [2.05, 4.69) is 15.5 Å². The van der Waals surface area contributed by atoms with Crippen molar-refractivity contribution in [2.75, 3.05) is 26.2 Å². The molecule has 3 aromatic rings. The molecule has 32 heavy (non-hydrogen) atoms. The SMILES string of the molecule is O=C(c1cc(Cc2n[nH]c(=O)c3ccccc23)ccc1F)N1CCC2(CCNCC2)CC1. The lowest BCUT2D eigenvalue weighted by molar-refractivity contribution is 0.0492. The van der Waals surface area contributed by atoms with Gasteiger partial charge in [0, 0.05) is 24.9 Å². The Morgan fingerprint density at radius 1 is 1.03 bits per heavy atom. The summed E-state index contributed by atoms with van der Waals surface area (Å²) in [4.78, 5) is 27.0. The highest BCUT2D eigenvalue weighted by molar-refractivity contribution is 5.95. The molecule has 2 aliphatic rings. The molecule has 1 aromatic heterocycles. The van der Waals surface area contributed by atoms with Gasteiger partial charge in [0.2, 0.25) is 0 Å². The number of fused-ring (bicyclic) bond motifs is 1. The molecule has 6 nitrogen and oxygen atoms in total. The summed E-state index contributed by atoms with van der Waals surface area (Å²) in [6.07, 6.45) is 4.66. The van der Waals surface area contributed by atoms with Gasteiger partial charge in [-0.25, -0.2) is 9.49 Å². The standard InChI is InChI=1S/C25H27FN4O2/c26-21-6-5-17(16-22-18-3-1-2-4-19(18)23(31)29-28-22)15-20(21)24(32)30-13-9-25(10-14-30)7-11-27-12-8-25/h1-6,15,27H,7-14,16H2,(H,29,31). The van der Waals surface area contributed by atoms with Crippen LogP contribution >= 0.6 is 0 Å². The van der Waals surface area contributed by atoms with Gasteiger partial charge in [-0.15, -0.1) is 0 Å². The summed E-state index contributed by atoms with van der Waals surface area (Å²) in [5.74, 6) is -0.743. The van der Waals surface area contributed by atoms with E-state index in [1.54, 1.807) is 23.1 Å². The number of aromatic nitrogens is 2. The number of halogens is 1. The summed E-state index contributed by atoms with van der Waals surface area (Å²) in [7, 11) is 0. The number of nitrogens with zero attached hydrogens (tertiary/aromatic N) is 2. The Bertz CT molecular complexity index is 1210. The summed E-state index contributed by atoms with van der Waals surface area (Å²) in [6, 6.07) is 11.9. The molecule has 2 N–H and O–H groups in total. The molecule has 2 fully saturated rings. The molecule has 0 aliphatic carbocycles. The van der Waals surface area contributed by atoms with Crippen LogP contribution in [0.15, 0.2) is 47.3 Å². The molecule has 7 heteroatoms. The van der Waals surface area contributed by atoms with Gasteiger partial charge in [0.25, 0.3) is 11.5 Å². The van der Waals surface area contributed by atoms with Crippen LogP contribution in [0.25, 0.3) is 10.8 Å². The van der Waals surface area contributed by atoms with E-state index < -0.39 is 5.82 Å². The molecular formula is C25H27FN4O2. The number of carbonyl (C=O) groups is 1. The normalized spacial score (nSPS) is 18.2. The molecular weight excluding hydrogens is 407 g/mol. The van der Waals surface area contributed by atoms with Gasteiger partial charge < -0.3 is 10.2 Å². The molecule has 0 atom stereocenters. The Hall–Kier alpha value is -3.06. The monoisotopic (exact) mass is 434 g/mol. The van der Waals surface area contributed by atoms with Crippen LogP contribution in [0, 0.1) is 11.2 Å². The van der Waals surface area contributed by atoms with E-state index in [-0.39, 0.29) is 17.0 Å². The molecule has 166 valence electrons. The van der Waals surface area contributed by atoms with Crippen molar-refractivity contribution >= 4 is 16.7 Å². The summed E-state index contributed by atoms with van der Waals surface area (Å²) in [6.45, 7) is 3.43. The lowest BCUT2D eigenvalue weighted by atomic mass is 9.71. The topological polar surface area (TPSA) is 78.1 Å². The molecule has 1 spiro atoms. The minimum Gasteiger partial charge on any atom is -0.339 e. The Balaban J connectivity index is 1.36. The van der Waals surface area contributed by atoms with E-state index in [0.29, 0.717) is 36.0 Å². The fourth-order valence-electron chi connectivity index (χ4n) is 5.16. The summed E-state index contributed by atoms with van der Waals surface area (Å²) in [5.41, 5.74) is 1.68. The number of likely N-dealkylation sites (tertiary alicyclic amines) is 1. The fraction of sp³-hybridized carbons (Fsp3) is 0.400. The molecule has 2 saturated heterocycles. The third kappa shape index (κ3) is 3.93. The average Bonchev–Trinajstić information content (AvgIpc) is 2.83. The van der Waals surface area contributed by atoms with Gasteiger partial charge in [0.05, 0.1) is 16.6 Å². The number of amides is 1. The maximum absolute atomic E-state index is 14.6.